The maximum Gasteiger partial charge on any atom is 0.168 e. The maximum atomic E-state index is 4.87. The highest BCUT2D eigenvalue weighted by Gasteiger charge is 2.14. The third-order valence-electron chi connectivity index (χ3n) is 4.58. The van der Waals surface area contributed by atoms with Crippen molar-refractivity contribution in [2.75, 3.05) is 24.3 Å². The lowest BCUT2D eigenvalue weighted by atomic mass is 10.2. The summed E-state index contributed by atoms with van der Waals surface area (Å²) in [4.78, 5) is 20.1. The molecule has 0 amide bonds. The Labute approximate surface area is 155 Å². The second-order valence-electron chi connectivity index (χ2n) is 6.54. The van der Waals surface area contributed by atoms with Gasteiger partial charge in [-0.15, -0.1) is 0 Å². The summed E-state index contributed by atoms with van der Waals surface area (Å²) in [5.74, 6) is 0.765. The van der Waals surface area contributed by atoms with Gasteiger partial charge in [-0.1, -0.05) is 6.07 Å². The lowest BCUT2D eigenvalue weighted by Gasteiger charge is -2.15. The quantitative estimate of drug-likeness (QED) is 0.533. The minimum Gasteiger partial charge on any atom is -0.378 e. The number of nitrogens with one attached hydrogen (secondary N) is 1. The van der Waals surface area contributed by atoms with E-state index in [-0.39, 0.29) is 0 Å². The van der Waals surface area contributed by atoms with E-state index in [1.807, 2.05) is 49.0 Å². The second-order valence-corrected chi connectivity index (χ2v) is 6.54. The first-order chi connectivity index (χ1) is 13.2. The number of hydrogen-bond donors (Lipinski definition) is 1. The van der Waals surface area contributed by atoms with E-state index < -0.39 is 0 Å². The first-order valence-corrected chi connectivity index (χ1v) is 8.60. The molecule has 0 saturated heterocycles. The number of anilines is 3. The van der Waals surface area contributed by atoms with Gasteiger partial charge in [0.05, 0.1) is 0 Å². The average molecular weight is 355 g/mol. The van der Waals surface area contributed by atoms with Gasteiger partial charge in [-0.25, -0.2) is 15.0 Å². The molecule has 0 radical (unpaired) electrons. The van der Waals surface area contributed by atoms with Crippen LogP contribution in [-0.4, -0.2) is 38.4 Å². The molecule has 4 heterocycles. The predicted molar refractivity (Wildman–Crippen MR) is 108 cm³/mol. The highest BCUT2D eigenvalue weighted by molar-refractivity contribution is 6.08. The first-order valence-electron chi connectivity index (χ1n) is 8.60. The van der Waals surface area contributed by atoms with Gasteiger partial charge in [0.15, 0.2) is 5.65 Å². The van der Waals surface area contributed by atoms with Crippen LogP contribution in [0.3, 0.4) is 0 Å². The first kappa shape index (κ1) is 15.5. The van der Waals surface area contributed by atoms with Gasteiger partial charge >= 0.3 is 0 Å². The standard InChI is InChI=1S/C20H17N7/c1-26(2)14-5-3-4-13(10-14)23-19-15-6-8-21-11-16(15)18-20(25-19)27-12-22-9-7-17(27)24-18/h3-12H,1-2H3,(H,23,25). The molecule has 0 atom stereocenters. The number of hydrogen-bond acceptors (Lipinski definition) is 6. The Bertz CT molecular complexity index is 1290. The number of fused-ring (bicyclic) bond motifs is 5. The van der Waals surface area contributed by atoms with Gasteiger partial charge in [0.1, 0.15) is 23.3 Å². The molecule has 5 aromatic rings. The van der Waals surface area contributed by atoms with Crippen LogP contribution in [0.2, 0.25) is 0 Å². The smallest absolute Gasteiger partial charge is 0.168 e. The molecular weight excluding hydrogens is 338 g/mol. The highest BCUT2D eigenvalue weighted by Crippen LogP contribution is 2.31. The number of aromatic nitrogens is 5. The molecule has 0 spiro atoms. The largest absolute Gasteiger partial charge is 0.378 e. The summed E-state index contributed by atoms with van der Waals surface area (Å²) in [6.07, 6.45) is 7.07. The van der Waals surface area contributed by atoms with E-state index in [2.05, 4.69) is 32.3 Å². The second kappa shape index (κ2) is 5.91. The van der Waals surface area contributed by atoms with Crippen LogP contribution >= 0.6 is 0 Å². The van der Waals surface area contributed by atoms with Crippen molar-refractivity contribution in [2.24, 2.45) is 0 Å². The van der Waals surface area contributed by atoms with Crippen LogP contribution in [0.15, 0.2) is 61.3 Å². The highest BCUT2D eigenvalue weighted by atomic mass is 15.1. The number of benzene rings is 1. The zero-order valence-corrected chi connectivity index (χ0v) is 15.0. The van der Waals surface area contributed by atoms with E-state index >= 15 is 0 Å². The van der Waals surface area contributed by atoms with Crippen LogP contribution in [0.25, 0.3) is 27.6 Å². The Morgan fingerprint density at radius 1 is 0.963 bits per heavy atom. The molecule has 0 aliphatic heterocycles. The molecule has 0 aliphatic carbocycles. The van der Waals surface area contributed by atoms with E-state index in [9.17, 15) is 0 Å². The molecule has 7 heteroatoms. The van der Waals surface area contributed by atoms with Gasteiger partial charge in [0.2, 0.25) is 0 Å². The van der Waals surface area contributed by atoms with Crippen LogP contribution in [0.5, 0.6) is 0 Å². The third-order valence-corrected chi connectivity index (χ3v) is 4.58. The Balaban J connectivity index is 1.75. The van der Waals surface area contributed by atoms with E-state index in [4.69, 9.17) is 9.97 Å². The summed E-state index contributed by atoms with van der Waals surface area (Å²) in [6.45, 7) is 0. The van der Waals surface area contributed by atoms with Crippen molar-refractivity contribution in [3.05, 3.63) is 61.3 Å². The van der Waals surface area contributed by atoms with E-state index in [0.717, 1.165) is 44.8 Å². The van der Waals surface area contributed by atoms with Gasteiger partial charge in [-0.2, -0.15) is 0 Å². The zero-order valence-electron chi connectivity index (χ0n) is 15.0. The topological polar surface area (TPSA) is 71.2 Å². The molecule has 5 rings (SSSR count). The van der Waals surface area contributed by atoms with Gasteiger partial charge in [0.25, 0.3) is 0 Å². The van der Waals surface area contributed by atoms with Crippen LogP contribution in [-0.2, 0) is 0 Å². The van der Waals surface area contributed by atoms with Crippen molar-refractivity contribution < 1.29 is 0 Å². The van der Waals surface area contributed by atoms with Gasteiger partial charge in [-0.05, 0) is 30.3 Å². The zero-order chi connectivity index (χ0) is 18.4. The fourth-order valence-corrected chi connectivity index (χ4v) is 3.22. The molecule has 0 aliphatic rings. The molecule has 0 bridgehead atoms. The van der Waals surface area contributed by atoms with Crippen molar-refractivity contribution in [1.82, 2.24) is 24.3 Å². The fourth-order valence-electron chi connectivity index (χ4n) is 3.22. The van der Waals surface area contributed by atoms with E-state index in [0.29, 0.717) is 0 Å². The Morgan fingerprint density at radius 3 is 2.74 bits per heavy atom. The number of nitrogens with zero attached hydrogens (tertiary/aromatic N) is 6. The molecule has 0 saturated carbocycles. The lowest BCUT2D eigenvalue weighted by molar-refractivity contribution is 1.09. The molecule has 0 unspecified atom stereocenters. The van der Waals surface area contributed by atoms with Gasteiger partial charge in [0, 0.05) is 54.8 Å². The number of imidazole rings is 1. The molecule has 1 N–H and O–H groups in total. The summed E-state index contributed by atoms with van der Waals surface area (Å²) < 4.78 is 1.89. The summed E-state index contributed by atoms with van der Waals surface area (Å²) in [5, 5.41) is 5.39. The van der Waals surface area contributed by atoms with Gasteiger partial charge in [-0.3, -0.25) is 9.38 Å². The molecule has 0 fully saturated rings. The summed E-state index contributed by atoms with van der Waals surface area (Å²) in [6, 6.07) is 12.1. The number of pyridine rings is 2. The Morgan fingerprint density at radius 2 is 1.85 bits per heavy atom. The van der Waals surface area contributed by atoms with E-state index in [1.165, 1.54) is 0 Å². The Kier molecular flexibility index (Phi) is 3.39. The molecule has 1 aromatic carbocycles. The molecule has 4 aromatic heterocycles. The van der Waals surface area contributed by atoms with Gasteiger partial charge < -0.3 is 10.2 Å². The molecule has 27 heavy (non-hydrogen) atoms. The molecule has 7 nitrogen and oxygen atoms in total. The third kappa shape index (κ3) is 2.52. The monoisotopic (exact) mass is 355 g/mol. The van der Waals surface area contributed by atoms with Crippen LogP contribution in [0, 0.1) is 0 Å². The van der Waals surface area contributed by atoms with Crippen molar-refractivity contribution in [3.63, 3.8) is 0 Å². The molecular formula is C20H17N7. The molecule has 132 valence electrons. The minimum absolute atomic E-state index is 0.755. The summed E-state index contributed by atoms with van der Waals surface area (Å²) in [5.41, 5.74) is 4.47. The van der Waals surface area contributed by atoms with Crippen molar-refractivity contribution in [3.8, 4) is 0 Å². The van der Waals surface area contributed by atoms with Crippen molar-refractivity contribution in [2.45, 2.75) is 0 Å². The van der Waals surface area contributed by atoms with Crippen LogP contribution in [0.1, 0.15) is 0 Å². The van der Waals surface area contributed by atoms with Crippen LogP contribution < -0.4 is 10.2 Å². The summed E-state index contributed by atoms with van der Waals surface area (Å²) >= 11 is 0. The normalized spacial score (nSPS) is 11.3. The lowest BCUT2D eigenvalue weighted by Crippen LogP contribution is -2.08. The minimum atomic E-state index is 0.755. The maximum absolute atomic E-state index is 4.87. The van der Waals surface area contributed by atoms with Crippen LogP contribution in [0.4, 0.5) is 17.2 Å². The van der Waals surface area contributed by atoms with E-state index in [1.54, 1.807) is 18.7 Å². The number of rotatable bonds is 3. The Hall–Kier alpha value is -3.74. The summed E-state index contributed by atoms with van der Waals surface area (Å²) in [7, 11) is 4.05. The predicted octanol–water partition coefficient (Wildman–Crippen LogP) is 3.64. The van der Waals surface area contributed by atoms with Crippen molar-refractivity contribution >= 4 is 44.8 Å². The fraction of sp³-hybridized carbons (Fsp3) is 0.100. The average Bonchev–Trinajstić information content (AvgIpc) is 3.07. The SMILES string of the molecule is CN(C)c1cccc(Nc2nc3c(nc4ccncn43)c3cnccc23)c1. The van der Waals surface area contributed by atoms with Crippen molar-refractivity contribution in [1.29, 1.82) is 0 Å².